The summed E-state index contributed by atoms with van der Waals surface area (Å²) in [5.74, 6) is 0. The van der Waals surface area contributed by atoms with Gasteiger partial charge >= 0.3 is 6.18 Å². The summed E-state index contributed by atoms with van der Waals surface area (Å²) in [5, 5.41) is 17.0. The molecule has 1 aromatic carbocycles. The first-order chi connectivity index (χ1) is 6.99. The molecule has 0 radical (unpaired) electrons. The van der Waals surface area contributed by atoms with Crippen LogP contribution in [0.5, 0.6) is 0 Å². The van der Waals surface area contributed by atoms with Gasteiger partial charge in [0.15, 0.2) is 0 Å². The van der Waals surface area contributed by atoms with Gasteiger partial charge in [-0.15, -0.1) is 0 Å². The predicted molar refractivity (Wildman–Crippen MR) is 45.5 cm³/mol. The smallest absolute Gasteiger partial charge is 0.198 e. The van der Waals surface area contributed by atoms with Crippen LogP contribution in [0.25, 0.3) is 0 Å². The quantitative estimate of drug-likeness (QED) is 0.715. The number of halogens is 3. The Morgan fingerprint density at radius 1 is 1.20 bits per heavy atom. The third-order valence-corrected chi connectivity index (χ3v) is 1.83. The molecule has 0 fully saturated rings. The Morgan fingerprint density at radius 2 is 1.87 bits per heavy atom. The fourth-order valence-corrected chi connectivity index (χ4v) is 1.10. The average Bonchev–Trinajstić information content (AvgIpc) is 2.17. The summed E-state index contributed by atoms with van der Waals surface area (Å²) in [6, 6.07) is 6.21. The zero-order chi connectivity index (χ0) is 11.5. The fraction of sp³-hybridized carbons (Fsp3) is 0.200. The molecule has 5 heteroatoms. The Hall–Kier alpha value is -2.01. The SMILES string of the molecule is N#CCc1ccc(C(F)(F)F)cc1C#N. The number of hydrogen-bond donors (Lipinski definition) is 0. The van der Waals surface area contributed by atoms with E-state index in [0.717, 1.165) is 18.2 Å². The summed E-state index contributed by atoms with van der Waals surface area (Å²) in [6.07, 6.45) is -4.53. The maximum absolute atomic E-state index is 12.2. The van der Waals surface area contributed by atoms with Crippen LogP contribution >= 0.6 is 0 Å². The lowest BCUT2D eigenvalue weighted by atomic mass is 10.0. The Kier molecular flexibility index (Phi) is 2.96. The molecular formula is C10H5F3N2. The van der Waals surface area contributed by atoms with Crippen LogP contribution in [-0.4, -0.2) is 0 Å². The second-order valence-electron chi connectivity index (χ2n) is 2.82. The van der Waals surface area contributed by atoms with Crippen LogP contribution in [0.2, 0.25) is 0 Å². The molecule has 0 N–H and O–H groups in total. The second-order valence-corrected chi connectivity index (χ2v) is 2.82. The van der Waals surface area contributed by atoms with E-state index < -0.39 is 11.7 Å². The number of rotatable bonds is 1. The zero-order valence-corrected chi connectivity index (χ0v) is 7.47. The van der Waals surface area contributed by atoms with Gasteiger partial charge in [-0.05, 0) is 17.7 Å². The van der Waals surface area contributed by atoms with Crippen LogP contribution in [0.3, 0.4) is 0 Å². The van der Waals surface area contributed by atoms with Gasteiger partial charge in [-0.25, -0.2) is 0 Å². The van der Waals surface area contributed by atoms with Crippen LogP contribution in [0.4, 0.5) is 13.2 Å². The highest BCUT2D eigenvalue weighted by molar-refractivity contribution is 5.42. The van der Waals surface area contributed by atoms with E-state index in [0.29, 0.717) is 5.56 Å². The molecule has 0 saturated carbocycles. The van der Waals surface area contributed by atoms with Gasteiger partial charge in [-0.3, -0.25) is 0 Å². The Bertz CT molecular complexity index is 449. The second kappa shape index (κ2) is 4.02. The lowest BCUT2D eigenvalue weighted by molar-refractivity contribution is -0.137. The van der Waals surface area contributed by atoms with E-state index in [1.54, 1.807) is 12.1 Å². The monoisotopic (exact) mass is 210 g/mol. The first-order valence-corrected chi connectivity index (χ1v) is 3.96. The average molecular weight is 210 g/mol. The molecule has 0 amide bonds. The lowest BCUT2D eigenvalue weighted by Crippen LogP contribution is -2.06. The first kappa shape index (κ1) is 11.1. The van der Waals surface area contributed by atoms with Gasteiger partial charge in [-0.1, -0.05) is 6.07 Å². The predicted octanol–water partition coefficient (Wildman–Crippen LogP) is 2.64. The highest BCUT2D eigenvalue weighted by Crippen LogP contribution is 2.30. The van der Waals surface area contributed by atoms with Crippen molar-refractivity contribution >= 4 is 0 Å². The van der Waals surface area contributed by atoms with Crippen molar-refractivity contribution in [1.82, 2.24) is 0 Å². The summed E-state index contributed by atoms with van der Waals surface area (Å²) in [6.45, 7) is 0. The van der Waals surface area contributed by atoms with Gasteiger partial charge in [0.25, 0.3) is 0 Å². The molecule has 0 aliphatic carbocycles. The van der Waals surface area contributed by atoms with E-state index in [-0.39, 0.29) is 12.0 Å². The van der Waals surface area contributed by atoms with E-state index in [1.807, 2.05) is 0 Å². The number of benzene rings is 1. The van der Waals surface area contributed by atoms with Crippen molar-refractivity contribution in [1.29, 1.82) is 10.5 Å². The van der Waals surface area contributed by atoms with Crippen molar-refractivity contribution in [2.45, 2.75) is 12.6 Å². The van der Waals surface area contributed by atoms with E-state index in [4.69, 9.17) is 10.5 Å². The summed E-state index contributed by atoms with van der Waals surface area (Å²) in [4.78, 5) is 0. The van der Waals surface area contributed by atoms with Crippen molar-refractivity contribution in [3.8, 4) is 12.1 Å². The molecule has 15 heavy (non-hydrogen) atoms. The molecule has 1 rings (SSSR count). The van der Waals surface area contributed by atoms with E-state index >= 15 is 0 Å². The molecule has 0 aliphatic rings. The highest BCUT2D eigenvalue weighted by atomic mass is 19.4. The van der Waals surface area contributed by atoms with Crippen LogP contribution < -0.4 is 0 Å². The number of nitriles is 2. The molecule has 76 valence electrons. The molecule has 0 bridgehead atoms. The maximum atomic E-state index is 12.2. The molecule has 0 atom stereocenters. The van der Waals surface area contributed by atoms with Gasteiger partial charge in [0.05, 0.1) is 29.7 Å². The van der Waals surface area contributed by atoms with Crippen LogP contribution in [0, 0.1) is 22.7 Å². The van der Waals surface area contributed by atoms with Crippen molar-refractivity contribution in [2.24, 2.45) is 0 Å². The fourth-order valence-electron chi connectivity index (χ4n) is 1.10. The number of alkyl halides is 3. The standard InChI is InChI=1S/C10H5F3N2/c11-10(12,13)9-2-1-7(3-4-14)8(5-9)6-15/h1-2,5H,3H2. The molecule has 0 spiro atoms. The third kappa shape index (κ3) is 2.47. The van der Waals surface area contributed by atoms with Crippen molar-refractivity contribution in [3.05, 3.63) is 34.9 Å². The van der Waals surface area contributed by atoms with E-state index in [2.05, 4.69) is 0 Å². The van der Waals surface area contributed by atoms with E-state index in [9.17, 15) is 13.2 Å². The van der Waals surface area contributed by atoms with Gasteiger partial charge in [0.2, 0.25) is 0 Å². The molecular weight excluding hydrogens is 205 g/mol. The van der Waals surface area contributed by atoms with Crippen molar-refractivity contribution < 1.29 is 13.2 Å². The highest BCUT2D eigenvalue weighted by Gasteiger charge is 2.30. The third-order valence-electron chi connectivity index (χ3n) is 1.83. The Morgan fingerprint density at radius 3 is 2.33 bits per heavy atom. The molecule has 1 aromatic rings. The van der Waals surface area contributed by atoms with Gasteiger partial charge in [0, 0.05) is 0 Å². The van der Waals surface area contributed by atoms with Crippen molar-refractivity contribution in [3.63, 3.8) is 0 Å². The zero-order valence-electron chi connectivity index (χ0n) is 7.47. The molecule has 0 unspecified atom stereocenters. The van der Waals surface area contributed by atoms with Gasteiger partial charge in [0.1, 0.15) is 0 Å². The molecule has 0 aliphatic heterocycles. The lowest BCUT2D eigenvalue weighted by Gasteiger charge is -2.07. The summed E-state index contributed by atoms with van der Waals surface area (Å²) in [5.41, 5.74) is -0.667. The minimum Gasteiger partial charge on any atom is -0.198 e. The summed E-state index contributed by atoms with van der Waals surface area (Å²) in [7, 11) is 0. The topological polar surface area (TPSA) is 47.6 Å². The molecule has 2 nitrogen and oxygen atoms in total. The molecule has 0 heterocycles. The Balaban J connectivity index is 3.22. The minimum absolute atomic E-state index is 0.0684. The first-order valence-electron chi connectivity index (χ1n) is 3.96. The van der Waals surface area contributed by atoms with Crippen LogP contribution in [0.1, 0.15) is 16.7 Å². The Labute approximate surface area is 84.2 Å². The van der Waals surface area contributed by atoms with Crippen molar-refractivity contribution in [2.75, 3.05) is 0 Å². The van der Waals surface area contributed by atoms with E-state index in [1.165, 1.54) is 0 Å². The summed E-state index contributed by atoms with van der Waals surface area (Å²) >= 11 is 0. The molecule has 0 saturated heterocycles. The summed E-state index contributed by atoms with van der Waals surface area (Å²) < 4.78 is 36.7. The van der Waals surface area contributed by atoms with Gasteiger partial charge in [-0.2, -0.15) is 23.7 Å². The van der Waals surface area contributed by atoms with Crippen LogP contribution in [0.15, 0.2) is 18.2 Å². The minimum atomic E-state index is -4.46. The normalized spacial score (nSPS) is 10.5. The molecule has 0 aromatic heterocycles. The maximum Gasteiger partial charge on any atom is 0.416 e. The number of nitrogens with zero attached hydrogens (tertiary/aromatic N) is 2. The van der Waals surface area contributed by atoms with Crippen LogP contribution in [-0.2, 0) is 12.6 Å². The largest absolute Gasteiger partial charge is 0.416 e. The number of hydrogen-bond acceptors (Lipinski definition) is 2. The van der Waals surface area contributed by atoms with Gasteiger partial charge < -0.3 is 0 Å².